The molecule has 1 fully saturated rings. The number of rotatable bonds is 6. The Labute approximate surface area is 123 Å². The Hall–Kier alpha value is -1.02. The Morgan fingerprint density at radius 2 is 2.35 bits per heavy atom. The first kappa shape index (κ1) is 15.4. The van der Waals surface area contributed by atoms with E-state index in [1.807, 2.05) is 12.3 Å². The summed E-state index contributed by atoms with van der Waals surface area (Å²) >= 11 is 1.47. The van der Waals surface area contributed by atoms with Gasteiger partial charge in [-0.25, -0.2) is 4.98 Å². The molecular weight excluding hydrogens is 276 g/mol. The van der Waals surface area contributed by atoms with Crippen molar-refractivity contribution in [3.63, 3.8) is 0 Å². The molecule has 7 heteroatoms. The van der Waals surface area contributed by atoms with E-state index in [4.69, 9.17) is 10.5 Å². The molecule has 6 nitrogen and oxygen atoms in total. The van der Waals surface area contributed by atoms with Gasteiger partial charge in [0, 0.05) is 37.5 Å². The van der Waals surface area contributed by atoms with E-state index >= 15 is 0 Å². The highest BCUT2D eigenvalue weighted by molar-refractivity contribution is 7.13. The van der Waals surface area contributed by atoms with Gasteiger partial charge in [0.1, 0.15) is 0 Å². The lowest BCUT2D eigenvalue weighted by Crippen LogP contribution is -2.35. The van der Waals surface area contributed by atoms with Crippen LogP contribution in [0.2, 0.25) is 0 Å². The molecule has 20 heavy (non-hydrogen) atoms. The number of nitrogens with two attached hydrogens (primary N) is 1. The first-order chi connectivity index (χ1) is 9.63. The zero-order chi connectivity index (χ0) is 14.4. The van der Waals surface area contributed by atoms with Crippen molar-refractivity contribution in [2.45, 2.75) is 32.4 Å². The molecule has 1 atom stereocenters. The van der Waals surface area contributed by atoms with Crippen LogP contribution in [0.3, 0.4) is 0 Å². The molecule has 2 rings (SSSR count). The van der Waals surface area contributed by atoms with Crippen molar-refractivity contribution in [2.75, 3.05) is 31.6 Å². The fraction of sp³-hybridized carbons (Fsp3) is 0.692. The highest BCUT2D eigenvalue weighted by atomic mass is 32.1. The number of carbonyl (C=O) groups excluding carboxylic acids is 1. The molecule has 1 unspecified atom stereocenters. The fourth-order valence-electron chi connectivity index (χ4n) is 1.97. The molecule has 112 valence electrons. The van der Waals surface area contributed by atoms with Crippen LogP contribution in [0.15, 0.2) is 5.38 Å². The number of amides is 1. The number of aromatic nitrogens is 1. The summed E-state index contributed by atoms with van der Waals surface area (Å²) < 4.78 is 5.31. The number of hydrogen-bond acceptors (Lipinski definition) is 6. The molecule has 0 saturated carbocycles. The molecule has 2 heterocycles. The van der Waals surface area contributed by atoms with Gasteiger partial charge in [0.05, 0.1) is 18.9 Å². The summed E-state index contributed by atoms with van der Waals surface area (Å²) in [7, 11) is 0. The van der Waals surface area contributed by atoms with Crippen molar-refractivity contribution in [3.8, 4) is 0 Å². The maximum Gasteiger partial charge on any atom is 0.226 e. The Bertz CT molecular complexity index is 430. The van der Waals surface area contributed by atoms with Crippen LogP contribution in [0.5, 0.6) is 0 Å². The van der Waals surface area contributed by atoms with E-state index in [0.29, 0.717) is 18.0 Å². The fourth-order valence-corrected chi connectivity index (χ4v) is 2.68. The molecule has 0 aromatic carbocycles. The molecule has 0 bridgehead atoms. The Balaban J connectivity index is 1.77. The van der Waals surface area contributed by atoms with E-state index < -0.39 is 0 Å². The number of anilines is 1. The molecule has 3 N–H and O–H groups in total. The first-order valence-corrected chi connectivity index (χ1v) is 7.81. The van der Waals surface area contributed by atoms with Gasteiger partial charge in [-0.15, -0.1) is 11.3 Å². The van der Waals surface area contributed by atoms with Gasteiger partial charge in [0.25, 0.3) is 0 Å². The molecule has 1 aliphatic rings. The average molecular weight is 298 g/mol. The van der Waals surface area contributed by atoms with E-state index in [1.54, 1.807) is 0 Å². The topological polar surface area (TPSA) is 80.5 Å². The number of carbonyl (C=O) groups is 1. The highest BCUT2D eigenvalue weighted by Crippen LogP contribution is 2.17. The third-order valence-electron chi connectivity index (χ3n) is 3.11. The van der Waals surface area contributed by atoms with E-state index in [1.165, 1.54) is 11.3 Å². The van der Waals surface area contributed by atoms with Crippen molar-refractivity contribution >= 4 is 22.4 Å². The predicted molar refractivity (Wildman–Crippen MR) is 79.7 cm³/mol. The van der Waals surface area contributed by atoms with Crippen LogP contribution < -0.4 is 11.1 Å². The van der Waals surface area contributed by atoms with E-state index in [0.717, 1.165) is 38.5 Å². The van der Waals surface area contributed by atoms with Gasteiger partial charge >= 0.3 is 0 Å². The normalized spacial score (nSPS) is 17.9. The van der Waals surface area contributed by atoms with E-state index in [9.17, 15) is 4.79 Å². The minimum absolute atomic E-state index is 0.0189. The number of hydrogen-bond donors (Lipinski definition) is 2. The zero-order valence-corrected chi connectivity index (χ0v) is 12.6. The molecule has 0 spiro atoms. The van der Waals surface area contributed by atoms with Gasteiger partial charge in [-0.3, -0.25) is 9.69 Å². The molecule has 1 aromatic heterocycles. The molecule has 1 amide bonds. The zero-order valence-electron chi connectivity index (χ0n) is 11.8. The van der Waals surface area contributed by atoms with Crippen LogP contribution in [0.1, 0.15) is 25.5 Å². The lowest BCUT2D eigenvalue weighted by atomic mass is 10.2. The first-order valence-electron chi connectivity index (χ1n) is 6.93. The lowest BCUT2D eigenvalue weighted by molar-refractivity contribution is -0.116. The number of nitrogens with one attached hydrogen (secondary N) is 1. The standard InChI is InChI=1S/C13H22N4O2S/c1-10(14)2-3-12(18)16-13-15-11(9-20-13)8-17-4-6-19-7-5-17/h9-10H,2-8,14H2,1H3,(H,15,16,18). The summed E-state index contributed by atoms with van der Waals surface area (Å²) in [4.78, 5) is 18.4. The largest absolute Gasteiger partial charge is 0.379 e. The maximum atomic E-state index is 11.7. The molecule has 1 aliphatic heterocycles. The van der Waals surface area contributed by atoms with E-state index in [-0.39, 0.29) is 11.9 Å². The van der Waals surface area contributed by atoms with Crippen molar-refractivity contribution in [3.05, 3.63) is 11.1 Å². The summed E-state index contributed by atoms with van der Waals surface area (Å²) in [6.07, 6.45) is 1.13. The smallest absolute Gasteiger partial charge is 0.226 e. The van der Waals surface area contributed by atoms with Crippen LogP contribution >= 0.6 is 11.3 Å². The summed E-state index contributed by atoms with van der Waals surface area (Å²) in [6.45, 7) is 6.16. The van der Waals surface area contributed by atoms with Crippen molar-refractivity contribution < 1.29 is 9.53 Å². The van der Waals surface area contributed by atoms with Gasteiger partial charge < -0.3 is 15.8 Å². The average Bonchev–Trinajstić information content (AvgIpc) is 2.85. The van der Waals surface area contributed by atoms with Crippen LogP contribution in [0.4, 0.5) is 5.13 Å². The molecular formula is C13H22N4O2S. The summed E-state index contributed by atoms with van der Waals surface area (Å²) in [5.74, 6) is -0.0189. The van der Waals surface area contributed by atoms with Crippen LogP contribution in [-0.2, 0) is 16.1 Å². The van der Waals surface area contributed by atoms with Crippen LogP contribution in [0, 0.1) is 0 Å². The van der Waals surface area contributed by atoms with E-state index in [2.05, 4.69) is 15.2 Å². The predicted octanol–water partition coefficient (Wildman–Crippen LogP) is 1.04. The second kappa shape index (κ2) is 7.68. The Kier molecular flexibility index (Phi) is 5.90. The monoisotopic (exact) mass is 298 g/mol. The third-order valence-corrected chi connectivity index (χ3v) is 3.92. The molecule has 0 aliphatic carbocycles. The second-order valence-corrected chi connectivity index (χ2v) is 5.95. The second-order valence-electron chi connectivity index (χ2n) is 5.10. The number of morpholine rings is 1. The summed E-state index contributed by atoms with van der Waals surface area (Å²) in [6, 6.07) is 0.0499. The number of thiazole rings is 1. The third kappa shape index (κ3) is 5.16. The Morgan fingerprint density at radius 1 is 1.60 bits per heavy atom. The molecule has 0 radical (unpaired) electrons. The lowest BCUT2D eigenvalue weighted by Gasteiger charge is -2.25. The van der Waals surface area contributed by atoms with Crippen molar-refractivity contribution in [1.82, 2.24) is 9.88 Å². The van der Waals surface area contributed by atoms with Gasteiger partial charge in [-0.2, -0.15) is 0 Å². The summed E-state index contributed by atoms with van der Waals surface area (Å²) in [5, 5.41) is 5.49. The minimum atomic E-state index is -0.0189. The van der Waals surface area contributed by atoms with Gasteiger partial charge in [0.15, 0.2) is 5.13 Å². The Morgan fingerprint density at radius 3 is 3.05 bits per heavy atom. The maximum absolute atomic E-state index is 11.7. The van der Waals surface area contributed by atoms with Gasteiger partial charge in [-0.05, 0) is 13.3 Å². The molecule has 1 aromatic rings. The quantitative estimate of drug-likeness (QED) is 0.820. The van der Waals surface area contributed by atoms with Crippen LogP contribution in [0.25, 0.3) is 0 Å². The SMILES string of the molecule is CC(N)CCC(=O)Nc1nc(CN2CCOCC2)cs1. The minimum Gasteiger partial charge on any atom is -0.379 e. The summed E-state index contributed by atoms with van der Waals surface area (Å²) in [5.41, 5.74) is 6.63. The van der Waals surface area contributed by atoms with Gasteiger partial charge in [-0.1, -0.05) is 0 Å². The highest BCUT2D eigenvalue weighted by Gasteiger charge is 2.13. The van der Waals surface area contributed by atoms with Crippen LogP contribution in [-0.4, -0.2) is 48.1 Å². The van der Waals surface area contributed by atoms with Crippen molar-refractivity contribution in [2.24, 2.45) is 5.73 Å². The van der Waals surface area contributed by atoms with Gasteiger partial charge in [0.2, 0.25) is 5.91 Å². The van der Waals surface area contributed by atoms with Crippen molar-refractivity contribution in [1.29, 1.82) is 0 Å². The number of ether oxygens (including phenoxy) is 1. The number of nitrogens with zero attached hydrogens (tertiary/aromatic N) is 2. The molecule has 1 saturated heterocycles.